The quantitative estimate of drug-likeness (QED) is 0.158. The minimum absolute atomic E-state index is 0.700. The van der Waals surface area contributed by atoms with Crippen LogP contribution in [0.1, 0.15) is 0 Å². The van der Waals surface area contributed by atoms with Crippen molar-refractivity contribution in [1.82, 2.24) is 19.5 Å². The molecule has 61 heavy (non-hydrogen) atoms. The first kappa shape index (κ1) is 34.8. The molecule has 0 saturated carbocycles. The zero-order valence-electron chi connectivity index (χ0n) is 33.1. The molecule has 12 aromatic rings. The fourth-order valence-corrected chi connectivity index (χ4v) is 8.98. The summed E-state index contributed by atoms with van der Waals surface area (Å²) in [5.74, 6) is 0.700. The second kappa shape index (κ2) is 14.3. The monoisotopic (exact) mass is 776 g/mol. The number of hydrogen-bond donors (Lipinski definition) is 0. The second-order valence-electron chi connectivity index (χ2n) is 15.6. The van der Waals surface area contributed by atoms with Crippen LogP contribution in [-0.2, 0) is 0 Å². The van der Waals surface area contributed by atoms with E-state index >= 15 is 0 Å². The summed E-state index contributed by atoms with van der Waals surface area (Å²) in [5, 5.41) is 8.22. The molecule has 0 spiro atoms. The summed E-state index contributed by atoms with van der Waals surface area (Å²) in [4.78, 5) is 15.7. The van der Waals surface area contributed by atoms with E-state index in [1.807, 2.05) is 18.2 Å². The Balaban J connectivity index is 1.03. The van der Waals surface area contributed by atoms with Crippen molar-refractivity contribution in [2.24, 2.45) is 0 Å². The Kier molecular flexibility index (Phi) is 8.13. The number of hydrogen-bond acceptors (Lipinski definition) is 3. The molecule has 0 unspecified atom stereocenters. The van der Waals surface area contributed by atoms with Crippen LogP contribution in [0.5, 0.6) is 0 Å². The zero-order chi connectivity index (χ0) is 40.3. The smallest absolute Gasteiger partial charge is 0.160 e. The largest absolute Gasteiger partial charge is 0.309 e. The van der Waals surface area contributed by atoms with Crippen molar-refractivity contribution in [2.75, 3.05) is 0 Å². The normalized spacial score (nSPS) is 11.6. The van der Waals surface area contributed by atoms with Crippen LogP contribution in [0.4, 0.5) is 0 Å². The van der Waals surface area contributed by atoms with Crippen molar-refractivity contribution in [3.63, 3.8) is 0 Å². The van der Waals surface area contributed by atoms with Gasteiger partial charge in [-0.15, -0.1) is 0 Å². The Morgan fingerprint density at radius 1 is 0.295 bits per heavy atom. The molecule has 0 aliphatic carbocycles. The summed E-state index contributed by atoms with van der Waals surface area (Å²) in [6.07, 6.45) is 0. The molecule has 9 aromatic carbocycles. The number of aromatic nitrogens is 4. The first-order valence-electron chi connectivity index (χ1n) is 20.7. The lowest BCUT2D eigenvalue weighted by Gasteiger charge is -2.12. The van der Waals surface area contributed by atoms with Gasteiger partial charge in [0.15, 0.2) is 5.82 Å². The minimum atomic E-state index is 0.700. The Bertz CT molecular complexity index is 3630. The molecule has 4 heteroatoms. The van der Waals surface area contributed by atoms with Gasteiger partial charge in [0.25, 0.3) is 0 Å². The summed E-state index contributed by atoms with van der Waals surface area (Å²) in [5.41, 5.74) is 13.6. The molecule has 0 bridgehead atoms. The molecular weight excluding hydrogens is 741 g/mol. The number of rotatable bonds is 6. The molecule has 0 aliphatic heterocycles. The highest BCUT2D eigenvalue weighted by molar-refractivity contribution is 6.19. The molecule has 12 rings (SSSR count). The van der Waals surface area contributed by atoms with Crippen molar-refractivity contribution in [2.45, 2.75) is 0 Å². The van der Waals surface area contributed by atoms with E-state index in [0.29, 0.717) is 5.82 Å². The summed E-state index contributed by atoms with van der Waals surface area (Å²) in [7, 11) is 0. The Labute approximate surface area is 352 Å². The summed E-state index contributed by atoms with van der Waals surface area (Å²) in [6, 6.07) is 77.5. The van der Waals surface area contributed by atoms with Crippen LogP contribution in [0, 0.1) is 0 Å². The first-order valence-corrected chi connectivity index (χ1v) is 20.7. The average Bonchev–Trinajstić information content (AvgIpc) is 3.66. The maximum atomic E-state index is 5.36. The molecule has 3 aromatic heterocycles. The van der Waals surface area contributed by atoms with Gasteiger partial charge in [0.05, 0.1) is 33.6 Å². The number of nitrogens with zero attached hydrogens (tertiary/aromatic N) is 4. The molecule has 0 saturated heterocycles. The Morgan fingerprint density at radius 2 is 0.885 bits per heavy atom. The van der Waals surface area contributed by atoms with Gasteiger partial charge < -0.3 is 4.57 Å². The van der Waals surface area contributed by atoms with Gasteiger partial charge >= 0.3 is 0 Å². The molecular formula is C57H36N4. The van der Waals surface area contributed by atoms with Gasteiger partial charge in [0.1, 0.15) is 0 Å². The summed E-state index contributed by atoms with van der Waals surface area (Å²) >= 11 is 0. The Morgan fingerprint density at radius 3 is 1.67 bits per heavy atom. The molecule has 0 N–H and O–H groups in total. The van der Waals surface area contributed by atoms with Crippen LogP contribution in [0.2, 0.25) is 0 Å². The van der Waals surface area contributed by atoms with Crippen molar-refractivity contribution in [3.8, 4) is 62.0 Å². The van der Waals surface area contributed by atoms with Gasteiger partial charge in [-0.2, -0.15) is 0 Å². The van der Waals surface area contributed by atoms with Gasteiger partial charge in [-0.25, -0.2) is 15.0 Å². The van der Waals surface area contributed by atoms with Gasteiger partial charge in [0, 0.05) is 49.5 Å². The van der Waals surface area contributed by atoms with Gasteiger partial charge in [-0.05, 0) is 75.8 Å². The predicted molar refractivity (Wildman–Crippen MR) is 254 cm³/mol. The van der Waals surface area contributed by atoms with E-state index in [0.717, 1.165) is 83.5 Å². The van der Waals surface area contributed by atoms with Crippen molar-refractivity contribution in [1.29, 1.82) is 0 Å². The molecule has 284 valence electrons. The summed E-state index contributed by atoms with van der Waals surface area (Å²) < 4.78 is 2.41. The topological polar surface area (TPSA) is 43.6 Å². The maximum Gasteiger partial charge on any atom is 0.160 e. The molecule has 0 fully saturated rings. The molecule has 4 nitrogen and oxygen atoms in total. The number of benzene rings is 9. The second-order valence-corrected chi connectivity index (χ2v) is 15.6. The minimum Gasteiger partial charge on any atom is -0.309 e. The maximum absolute atomic E-state index is 5.36. The van der Waals surface area contributed by atoms with E-state index in [2.05, 4.69) is 205 Å². The fraction of sp³-hybridized carbons (Fsp3) is 0. The molecule has 0 amide bonds. The predicted octanol–water partition coefficient (Wildman–Crippen LogP) is 14.8. The SMILES string of the molecule is c1ccc(-c2nc(-c3cccc(-c4ccc5c6cc7nc(-c8ccccc8)c8ccccc8c7cc6n(-c6ccccc6)c5c4)c3)cc(-c3ccc4ccccc4c3)n2)cc1. The van der Waals surface area contributed by atoms with Gasteiger partial charge in [-0.3, -0.25) is 0 Å². The highest BCUT2D eigenvalue weighted by atomic mass is 15.0. The summed E-state index contributed by atoms with van der Waals surface area (Å²) in [6.45, 7) is 0. The van der Waals surface area contributed by atoms with Crippen LogP contribution >= 0.6 is 0 Å². The van der Waals surface area contributed by atoms with Crippen molar-refractivity contribution >= 4 is 54.3 Å². The van der Waals surface area contributed by atoms with E-state index in [4.69, 9.17) is 15.0 Å². The fourth-order valence-electron chi connectivity index (χ4n) is 8.98. The van der Waals surface area contributed by atoms with Crippen LogP contribution in [-0.4, -0.2) is 19.5 Å². The van der Waals surface area contributed by atoms with E-state index in [9.17, 15) is 0 Å². The van der Waals surface area contributed by atoms with E-state index in [1.165, 1.54) is 26.9 Å². The third-order valence-corrected chi connectivity index (χ3v) is 11.9. The number of para-hydroxylation sites is 1. The molecule has 0 radical (unpaired) electrons. The first-order chi connectivity index (χ1) is 30.2. The molecule has 0 aliphatic rings. The number of fused-ring (bicyclic) bond motifs is 7. The standard InChI is InChI=1S/C57H36N4/c1-4-16-38(17-5-1)56-48-26-13-12-25-46(48)49-35-55-50(34-53(49)58-56)47-30-29-42(33-54(47)61(55)45-23-8-3-9-24-45)41-21-14-22-43(32-41)51-36-52(60-57(59-51)39-18-6-2-7-19-39)44-28-27-37-15-10-11-20-40(37)31-44/h1-36H. The lowest BCUT2D eigenvalue weighted by Crippen LogP contribution is -1.96. The third kappa shape index (κ3) is 6.04. The highest BCUT2D eigenvalue weighted by Gasteiger charge is 2.18. The van der Waals surface area contributed by atoms with Gasteiger partial charge in [0.2, 0.25) is 0 Å². The van der Waals surface area contributed by atoms with Crippen LogP contribution in [0.15, 0.2) is 218 Å². The lowest BCUT2D eigenvalue weighted by atomic mass is 9.98. The van der Waals surface area contributed by atoms with Crippen LogP contribution in [0.25, 0.3) is 116 Å². The van der Waals surface area contributed by atoms with Crippen LogP contribution in [0.3, 0.4) is 0 Å². The van der Waals surface area contributed by atoms with E-state index in [-0.39, 0.29) is 0 Å². The van der Waals surface area contributed by atoms with E-state index < -0.39 is 0 Å². The third-order valence-electron chi connectivity index (χ3n) is 11.9. The average molecular weight is 777 g/mol. The van der Waals surface area contributed by atoms with E-state index in [1.54, 1.807) is 0 Å². The zero-order valence-corrected chi connectivity index (χ0v) is 33.1. The van der Waals surface area contributed by atoms with Crippen LogP contribution < -0.4 is 0 Å². The Hall–Kier alpha value is -8.21. The molecule has 3 heterocycles. The molecule has 0 atom stereocenters. The lowest BCUT2D eigenvalue weighted by molar-refractivity contribution is 1.18. The van der Waals surface area contributed by atoms with Crippen molar-refractivity contribution < 1.29 is 0 Å². The van der Waals surface area contributed by atoms with Gasteiger partial charge in [-0.1, -0.05) is 170 Å². The highest BCUT2D eigenvalue weighted by Crippen LogP contribution is 2.40. The number of pyridine rings is 1. The van der Waals surface area contributed by atoms with Crippen molar-refractivity contribution in [3.05, 3.63) is 218 Å².